The Balaban J connectivity index is 1.28. The van der Waals surface area contributed by atoms with Crippen molar-refractivity contribution in [3.63, 3.8) is 0 Å². The molecule has 240 valence electrons. The van der Waals surface area contributed by atoms with Gasteiger partial charge in [0.1, 0.15) is 16.4 Å². The van der Waals surface area contributed by atoms with Gasteiger partial charge in [-0.3, -0.25) is 4.90 Å². The van der Waals surface area contributed by atoms with Gasteiger partial charge < -0.3 is 29.0 Å². The average Bonchev–Trinajstić information content (AvgIpc) is 3.54. The zero-order valence-electron chi connectivity index (χ0n) is 26.5. The number of H-pyrrole nitrogens is 1. The largest absolute Gasteiger partial charge is 0.444 e. The first kappa shape index (κ1) is 30.3. The number of nitrogens with one attached hydrogen (secondary N) is 1. The summed E-state index contributed by atoms with van der Waals surface area (Å²) in [4.78, 5) is 41.0. The van der Waals surface area contributed by atoms with Gasteiger partial charge in [-0.2, -0.15) is 0 Å². The predicted molar refractivity (Wildman–Crippen MR) is 171 cm³/mol. The fourth-order valence-electron chi connectivity index (χ4n) is 7.29. The highest BCUT2D eigenvalue weighted by Gasteiger charge is 2.39. The molecular weight excluding hydrogens is 594 g/mol. The van der Waals surface area contributed by atoms with Crippen LogP contribution >= 0.6 is 11.6 Å². The van der Waals surface area contributed by atoms with Gasteiger partial charge in [0.25, 0.3) is 0 Å². The number of halogens is 1. The SMILES string of the molecule is CCc1c(Cl)[nH]c2ncc(-c3cc4c(c([C@@H]5COCCN5C(=O)OC(C)(C)C)c3)CN(C(=O)N3CC5CCC(C3)O5)CC4)cc12. The fourth-order valence-corrected chi connectivity index (χ4v) is 7.62. The smallest absolute Gasteiger partial charge is 0.410 e. The maximum absolute atomic E-state index is 13.8. The Morgan fingerprint density at radius 1 is 1.09 bits per heavy atom. The number of carbonyl (C=O) groups excluding carboxylic acids is 2. The number of pyridine rings is 1. The normalized spacial score (nSPS) is 23.4. The monoisotopic (exact) mass is 635 g/mol. The third-order valence-corrected chi connectivity index (χ3v) is 9.79. The quantitative estimate of drug-likeness (QED) is 0.374. The van der Waals surface area contributed by atoms with Gasteiger partial charge in [-0.15, -0.1) is 0 Å². The number of rotatable bonds is 3. The van der Waals surface area contributed by atoms with Gasteiger partial charge in [-0.05, 0) is 86.4 Å². The summed E-state index contributed by atoms with van der Waals surface area (Å²) in [6, 6.07) is 6.22. The number of likely N-dealkylation sites (tertiary alicyclic amines) is 1. The molecule has 2 unspecified atom stereocenters. The van der Waals surface area contributed by atoms with Crippen molar-refractivity contribution in [2.24, 2.45) is 0 Å². The molecule has 4 aliphatic rings. The van der Waals surface area contributed by atoms with Crippen LogP contribution in [-0.4, -0.2) is 94.0 Å². The van der Waals surface area contributed by atoms with E-state index in [2.05, 4.69) is 30.1 Å². The van der Waals surface area contributed by atoms with Crippen molar-refractivity contribution >= 4 is 34.8 Å². The van der Waals surface area contributed by atoms with E-state index in [0.717, 1.165) is 58.1 Å². The Bertz CT molecular complexity index is 1620. The Hall–Kier alpha value is -3.34. The highest BCUT2D eigenvalue weighted by atomic mass is 35.5. The molecule has 10 nitrogen and oxygen atoms in total. The van der Waals surface area contributed by atoms with Crippen molar-refractivity contribution in [1.29, 1.82) is 0 Å². The molecule has 7 rings (SSSR count). The van der Waals surface area contributed by atoms with Gasteiger partial charge >= 0.3 is 12.1 Å². The van der Waals surface area contributed by atoms with Crippen molar-refractivity contribution in [1.82, 2.24) is 24.7 Å². The minimum absolute atomic E-state index is 0.0610. The molecule has 1 aromatic carbocycles. The van der Waals surface area contributed by atoms with E-state index in [1.807, 2.05) is 36.8 Å². The highest BCUT2D eigenvalue weighted by molar-refractivity contribution is 6.31. The number of nitrogens with zero attached hydrogens (tertiary/aromatic N) is 4. The van der Waals surface area contributed by atoms with Crippen LogP contribution in [0.1, 0.15) is 68.8 Å². The van der Waals surface area contributed by atoms with Crippen LogP contribution in [-0.2, 0) is 33.6 Å². The minimum Gasteiger partial charge on any atom is -0.444 e. The van der Waals surface area contributed by atoms with E-state index in [-0.39, 0.29) is 30.4 Å². The van der Waals surface area contributed by atoms with Crippen LogP contribution in [0.3, 0.4) is 0 Å². The van der Waals surface area contributed by atoms with Crippen molar-refractivity contribution in [2.75, 3.05) is 39.4 Å². The summed E-state index contributed by atoms with van der Waals surface area (Å²) < 4.78 is 17.8. The fraction of sp³-hybridized carbons (Fsp3) is 0.559. The molecule has 0 aliphatic carbocycles. The van der Waals surface area contributed by atoms with E-state index in [1.54, 1.807) is 4.90 Å². The number of amides is 3. The molecule has 1 N–H and O–H groups in total. The number of aromatic nitrogens is 2. The van der Waals surface area contributed by atoms with E-state index in [1.165, 1.54) is 5.56 Å². The van der Waals surface area contributed by atoms with Gasteiger partial charge in [0.05, 0.1) is 31.5 Å². The number of fused-ring (bicyclic) bond motifs is 4. The predicted octanol–water partition coefficient (Wildman–Crippen LogP) is 6.10. The molecule has 3 saturated heterocycles. The second-order valence-corrected chi connectivity index (χ2v) is 14.1. The second kappa shape index (κ2) is 11.8. The number of aromatic amines is 1. The lowest BCUT2D eigenvalue weighted by molar-refractivity contribution is -0.0337. The van der Waals surface area contributed by atoms with E-state index < -0.39 is 5.60 Å². The third-order valence-electron chi connectivity index (χ3n) is 9.47. The Labute approximate surface area is 268 Å². The van der Waals surface area contributed by atoms with E-state index in [0.29, 0.717) is 57.5 Å². The molecule has 0 spiro atoms. The molecule has 2 bridgehead atoms. The number of carbonyl (C=O) groups is 2. The zero-order chi connectivity index (χ0) is 31.5. The minimum atomic E-state index is -0.627. The lowest BCUT2D eigenvalue weighted by atomic mass is 9.87. The molecular formula is C34H42ClN5O5. The molecule has 3 aromatic rings. The van der Waals surface area contributed by atoms with Crippen LogP contribution in [0.4, 0.5) is 9.59 Å². The lowest BCUT2D eigenvalue weighted by Gasteiger charge is -2.41. The first-order chi connectivity index (χ1) is 21.6. The van der Waals surface area contributed by atoms with Gasteiger partial charge in [-0.1, -0.05) is 24.6 Å². The lowest BCUT2D eigenvalue weighted by Crippen LogP contribution is -2.52. The maximum Gasteiger partial charge on any atom is 0.410 e. The van der Waals surface area contributed by atoms with Gasteiger partial charge in [0.2, 0.25) is 0 Å². The number of ether oxygens (including phenoxy) is 3. The van der Waals surface area contributed by atoms with Crippen molar-refractivity contribution in [3.05, 3.63) is 51.8 Å². The summed E-state index contributed by atoms with van der Waals surface area (Å²) in [6.45, 7) is 11.3. The van der Waals surface area contributed by atoms with Crippen molar-refractivity contribution < 1.29 is 23.8 Å². The molecule has 3 fully saturated rings. The summed E-state index contributed by atoms with van der Waals surface area (Å²) in [5, 5.41) is 1.63. The van der Waals surface area contributed by atoms with Crippen LogP contribution < -0.4 is 0 Å². The molecule has 6 heterocycles. The number of morpholine rings is 2. The average molecular weight is 636 g/mol. The summed E-state index contributed by atoms with van der Waals surface area (Å²) in [7, 11) is 0. The van der Waals surface area contributed by atoms with Crippen molar-refractivity contribution in [2.45, 2.75) is 83.8 Å². The number of aryl methyl sites for hydroxylation is 1. The highest BCUT2D eigenvalue weighted by Crippen LogP contribution is 2.38. The molecule has 4 aliphatic heterocycles. The van der Waals surface area contributed by atoms with E-state index in [9.17, 15) is 9.59 Å². The number of hydrogen-bond acceptors (Lipinski definition) is 6. The Morgan fingerprint density at radius 2 is 1.87 bits per heavy atom. The second-order valence-electron chi connectivity index (χ2n) is 13.7. The first-order valence-corrected chi connectivity index (χ1v) is 16.5. The number of hydrogen-bond donors (Lipinski definition) is 1. The summed E-state index contributed by atoms with van der Waals surface area (Å²) in [6.07, 6.45) is 5.32. The van der Waals surface area contributed by atoms with E-state index in [4.69, 9.17) is 30.8 Å². The van der Waals surface area contributed by atoms with E-state index >= 15 is 0 Å². The van der Waals surface area contributed by atoms with Crippen LogP contribution in [0.2, 0.25) is 5.15 Å². The molecule has 2 aromatic heterocycles. The number of urea groups is 1. The number of benzene rings is 1. The van der Waals surface area contributed by atoms with Crippen molar-refractivity contribution in [3.8, 4) is 11.1 Å². The van der Waals surface area contributed by atoms with Gasteiger partial charge in [0.15, 0.2) is 0 Å². The van der Waals surface area contributed by atoms with Crippen LogP contribution in [0.5, 0.6) is 0 Å². The maximum atomic E-state index is 13.8. The molecule has 3 atom stereocenters. The van der Waals surface area contributed by atoms with Crippen LogP contribution in [0.15, 0.2) is 24.4 Å². The summed E-state index contributed by atoms with van der Waals surface area (Å²) in [5.74, 6) is 0. The molecule has 45 heavy (non-hydrogen) atoms. The first-order valence-electron chi connectivity index (χ1n) is 16.2. The summed E-state index contributed by atoms with van der Waals surface area (Å²) in [5.41, 5.74) is 6.39. The molecule has 11 heteroatoms. The third kappa shape index (κ3) is 5.88. The standard InChI is InChI=1S/C34H42ClN5O5/c1-5-25-27-14-22(15-36-31(27)37-30(25)35)21-12-20-8-9-38(32(41)39-16-23-6-7-24(17-39)44-23)18-28(20)26(13-21)29-19-43-11-10-40(29)33(42)45-34(2,3)4/h12-15,23-24,29H,5-11,16-19H2,1-4H3,(H,36,37)/t23?,24?,29-/m0/s1. The Morgan fingerprint density at radius 3 is 2.60 bits per heavy atom. The topological polar surface area (TPSA) is 100 Å². The molecule has 3 amide bonds. The Kier molecular flexibility index (Phi) is 7.94. The van der Waals surface area contributed by atoms with Crippen LogP contribution in [0.25, 0.3) is 22.2 Å². The summed E-state index contributed by atoms with van der Waals surface area (Å²) >= 11 is 6.49. The van der Waals surface area contributed by atoms with Gasteiger partial charge in [-0.25, -0.2) is 14.6 Å². The van der Waals surface area contributed by atoms with Gasteiger partial charge in [0, 0.05) is 49.9 Å². The zero-order valence-corrected chi connectivity index (χ0v) is 27.3. The van der Waals surface area contributed by atoms with Crippen LogP contribution in [0, 0.1) is 0 Å². The molecule has 0 saturated carbocycles. The molecule has 0 radical (unpaired) electrons.